The molecule has 1 N–H and O–H groups in total. The summed E-state index contributed by atoms with van der Waals surface area (Å²) in [5.74, 6) is -0.962. The van der Waals surface area contributed by atoms with E-state index in [1.54, 1.807) is 6.07 Å². The van der Waals surface area contributed by atoms with Gasteiger partial charge in [-0.1, -0.05) is 13.0 Å². The van der Waals surface area contributed by atoms with E-state index in [9.17, 15) is 8.78 Å². The maximum atomic E-state index is 13.6. The van der Waals surface area contributed by atoms with E-state index in [1.165, 1.54) is 6.07 Å². The van der Waals surface area contributed by atoms with Crippen molar-refractivity contribution in [1.29, 1.82) is 0 Å². The van der Waals surface area contributed by atoms with Crippen LogP contribution in [0, 0.1) is 11.6 Å². The quantitative estimate of drug-likeness (QED) is 0.888. The average molecular weight is 254 g/mol. The lowest BCUT2D eigenvalue weighted by atomic mass is 10.0. The number of likely N-dealkylation sites (N-methyl/N-ethyl adjacent to an activating group) is 1. The highest BCUT2D eigenvalue weighted by Gasteiger charge is 2.20. The Balaban J connectivity index is 2.04. The summed E-state index contributed by atoms with van der Waals surface area (Å²) in [6.45, 7) is 5.53. The molecule has 0 aliphatic carbocycles. The molecule has 1 aromatic rings. The molecule has 0 bridgehead atoms. The third-order valence-corrected chi connectivity index (χ3v) is 3.58. The molecule has 1 unspecified atom stereocenters. The van der Waals surface area contributed by atoms with Crippen molar-refractivity contribution in [3.63, 3.8) is 0 Å². The SMILES string of the molecule is CCN(Cc1ccc(F)cc1F)C1CCCNC1. The summed E-state index contributed by atoms with van der Waals surface area (Å²) in [4.78, 5) is 2.25. The number of nitrogens with one attached hydrogen (secondary N) is 1. The first kappa shape index (κ1) is 13.4. The van der Waals surface area contributed by atoms with E-state index < -0.39 is 11.6 Å². The van der Waals surface area contributed by atoms with E-state index in [2.05, 4.69) is 17.1 Å². The van der Waals surface area contributed by atoms with E-state index in [1.807, 2.05) is 0 Å². The number of nitrogens with zero attached hydrogens (tertiary/aromatic N) is 1. The van der Waals surface area contributed by atoms with E-state index in [0.717, 1.165) is 38.5 Å². The molecule has 100 valence electrons. The Morgan fingerprint density at radius 2 is 2.22 bits per heavy atom. The Morgan fingerprint density at radius 1 is 1.39 bits per heavy atom. The summed E-state index contributed by atoms with van der Waals surface area (Å²) in [7, 11) is 0. The van der Waals surface area contributed by atoms with Gasteiger partial charge in [-0.25, -0.2) is 8.78 Å². The van der Waals surface area contributed by atoms with Crippen molar-refractivity contribution in [2.75, 3.05) is 19.6 Å². The number of hydrogen-bond acceptors (Lipinski definition) is 2. The minimum absolute atomic E-state index is 0.447. The highest BCUT2D eigenvalue weighted by molar-refractivity contribution is 5.18. The molecule has 1 fully saturated rings. The molecular weight excluding hydrogens is 234 g/mol. The highest BCUT2D eigenvalue weighted by atomic mass is 19.1. The lowest BCUT2D eigenvalue weighted by molar-refractivity contribution is 0.164. The van der Waals surface area contributed by atoms with Crippen LogP contribution in [0.4, 0.5) is 8.78 Å². The standard InChI is InChI=1S/C14H20F2N2/c1-2-18(13-4-3-7-17-9-13)10-11-5-6-12(15)8-14(11)16/h5-6,8,13,17H,2-4,7,9-10H2,1H3. The molecule has 0 spiro atoms. The van der Waals surface area contributed by atoms with Crippen molar-refractivity contribution in [2.45, 2.75) is 32.4 Å². The Hall–Kier alpha value is -1.00. The van der Waals surface area contributed by atoms with Crippen molar-refractivity contribution in [3.8, 4) is 0 Å². The second kappa shape index (κ2) is 6.25. The fourth-order valence-electron chi connectivity index (χ4n) is 2.51. The highest BCUT2D eigenvalue weighted by Crippen LogP contribution is 2.17. The smallest absolute Gasteiger partial charge is 0.130 e. The lowest BCUT2D eigenvalue weighted by Gasteiger charge is -2.34. The van der Waals surface area contributed by atoms with Gasteiger partial charge in [0.1, 0.15) is 11.6 Å². The van der Waals surface area contributed by atoms with Gasteiger partial charge in [0, 0.05) is 30.8 Å². The molecule has 0 radical (unpaired) electrons. The minimum atomic E-state index is -0.515. The molecule has 1 aliphatic rings. The van der Waals surface area contributed by atoms with Gasteiger partial charge < -0.3 is 5.32 Å². The summed E-state index contributed by atoms with van der Waals surface area (Å²) in [6, 6.07) is 4.28. The van der Waals surface area contributed by atoms with Crippen LogP contribution >= 0.6 is 0 Å². The third kappa shape index (κ3) is 3.27. The maximum Gasteiger partial charge on any atom is 0.130 e. The van der Waals surface area contributed by atoms with Crippen molar-refractivity contribution in [2.24, 2.45) is 0 Å². The van der Waals surface area contributed by atoms with Crippen LogP contribution < -0.4 is 5.32 Å². The van der Waals surface area contributed by atoms with Crippen LogP contribution in [0.3, 0.4) is 0 Å². The predicted octanol–water partition coefficient (Wildman–Crippen LogP) is 2.54. The van der Waals surface area contributed by atoms with E-state index in [4.69, 9.17) is 0 Å². The summed E-state index contributed by atoms with van der Waals surface area (Å²) in [6.07, 6.45) is 2.30. The molecule has 0 amide bonds. The van der Waals surface area contributed by atoms with Gasteiger partial charge in [0.05, 0.1) is 0 Å². The second-order valence-corrected chi connectivity index (χ2v) is 4.80. The Bertz CT molecular complexity index is 389. The number of rotatable bonds is 4. The molecule has 1 heterocycles. The fraction of sp³-hybridized carbons (Fsp3) is 0.571. The maximum absolute atomic E-state index is 13.6. The Morgan fingerprint density at radius 3 is 2.83 bits per heavy atom. The lowest BCUT2D eigenvalue weighted by Crippen LogP contribution is -2.45. The molecule has 0 aromatic heterocycles. The summed E-state index contributed by atoms with van der Waals surface area (Å²) in [5.41, 5.74) is 0.573. The van der Waals surface area contributed by atoms with E-state index >= 15 is 0 Å². The van der Waals surface area contributed by atoms with Gasteiger partial charge in [-0.3, -0.25) is 4.90 Å². The Labute approximate surface area is 107 Å². The Kier molecular flexibility index (Phi) is 4.66. The topological polar surface area (TPSA) is 15.3 Å². The minimum Gasteiger partial charge on any atom is -0.315 e. The zero-order chi connectivity index (χ0) is 13.0. The van der Waals surface area contributed by atoms with Gasteiger partial charge in [0.2, 0.25) is 0 Å². The predicted molar refractivity (Wildman–Crippen MR) is 68.3 cm³/mol. The molecule has 1 aromatic carbocycles. The molecule has 0 saturated carbocycles. The number of piperidine rings is 1. The summed E-state index contributed by atoms with van der Waals surface area (Å²) >= 11 is 0. The fourth-order valence-corrected chi connectivity index (χ4v) is 2.51. The number of halogens is 2. The van der Waals surface area contributed by atoms with Gasteiger partial charge in [-0.05, 0) is 32.0 Å². The molecule has 1 atom stereocenters. The molecule has 1 saturated heterocycles. The zero-order valence-electron chi connectivity index (χ0n) is 10.8. The first-order valence-electron chi connectivity index (χ1n) is 6.59. The average Bonchev–Trinajstić information content (AvgIpc) is 2.39. The number of hydrogen-bond donors (Lipinski definition) is 1. The van der Waals surface area contributed by atoms with Crippen LogP contribution in [0.25, 0.3) is 0 Å². The third-order valence-electron chi connectivity index (χ3n) is 3.58. The monoisotopic (exact) mass is 254 g/mol. The van der Waals surface area contributed by atoms with Crippen LogP contribution in [0.15, 0.2) is 18.2 Å². The normalized spacial score (nSPS) is 20.3. The van der Waals surface area contributed by atoms with Gasteiger partial charge in [-0.2, -0.15) is 0 Å². The zero-order valence-corrected chi connectivity index (χ0v) is 10.8. The summed E-state index contributed by atoms with van der Waals surface area (Å²) in [5, 5.41) is 3.36. The van der Waals surface area contributed by atoms with Gasteiger partial charge in [-0.15, -0.1) is 0 Å². The van der Waals surface area contributed by atoms with Crippen LogP contribution in [0.1, 0.15) is 25.3 Å². The first-order chi connectivity index (χ1) is 8.70. The molecule has 2 rings (SSSR count). The summed E-state index contributed by atoms with van der Waals surface area (Å²) < 4.78 is 26.5. The second-order valence-electron chi connectivity index (χ2n) is 4.80. The molecule has 4 heteroatoms. The van der Waals surface area contributed by atoms with Crippen molar-refractivity contribution in [3.05, 3.63) is 35.4 Å². The van der Waals surface area contributed by atoms with Crippen LogP contribution in [0.5, 0.6) is 0 Å². The van der Waals surface area contributed by atoms with Crippen LogP contribution in [-0.2, 0) is 6.54 Å². The number of benzene rings is 1. The van der Waals surface area contributed by atoms with Crippen LogP contribution in [-0.4, -0.2) is 30.6 Å². The van der Waals surface area contributed by atoms with Crippen molar-refractivity contribution >= 4 is 0 Å². The van der Waals surface area contributed by atoms with Crippen LogP contribution in [0.2, 0.25) is 0 Å². The largest absolute Gasteiger partial charge is 0.315 e. The van der Waals surface area contributed by atoms with Gasteiger partial charge in [0.15, 0.2) is 0 Å². The van der Waals surface area contributed by atoms with Crippen molar-refractivity contribution in [1.82, 2.24) is 10.2 Å². The van der Waals surface area contributed by atoms with Gasteiger partial charge >= 0.3 is 0 Å². The molecule has 2 nitrogen and oxygen atoms in total. The van der Waals surface area contributed by atoms with E-state index in [-0.39, 0.29) is 0 Å². The van der Waals surface area contributed by atoms with E-state index in [0.29, 0.717) is 18.2 Å². The first-order valence-corrected chi connectivity index (χ1v) is 6.59. The molecule has 1 aliphatic heterocycles. The molecular formula is C14H20F2N2. The molecule has 18 heavy (non-hydrogen) atoms. The van der Waals surface area contributed by atoms with Gasteiger partial charge in [0.25, 0.3) is 0 Å². The van der Waals surface area contributed by atoms with Crippen molar-refractivity contribution < 1.29 is 8.78 Å².